The van der Waals surface area contributed by atoms with E-state index in [2.05, 4.69) is 0 Å². The first-order valence-electron chi connectivity index (χ1n) is 5.12. The van der Waals surface area contributed by atoms with Gasteiger partial charge in [-0.05, 0) is 26.1 Å². The maximum absolute atomic E-state index is 10.5. The molecule has 0 unspecified atom stereocenters. The van der Waals surface area contributed by atoms with Crippen LogP contribution in [0, 0.1) is 10.1 Å². The topological polar surface area (TPSA) is 72.4 Å². The van der Waals surface area contributed by atoms with E-state index in [1.807, 2.05) is 19.0 Å². The average Bonchev–Trinajstić information content (AvgIpc) is 2.16. The highest BCUT2D eigenvalue weighted by Gasteiger charge is 2.08. The molecule has 0 heterocycles. The van der Waals surface area contributed by atoms with Crippen LogP contribution >= 0.6 is 0 Å². The van der Waals surface area contributed by atoms with E-state index in [9.17, 15) is 10.1 Å². The molecule has 0 saturated heterocycles. The van der Waals surface area contributed by atoms with E-state index in [1.54, 1.807) is 12.1 Å². The van der Waals surface area contributed by atoms with Crippen LogP contribution in [0.4, 0.5) is 5.69 Å². The van der Waals surface area contributed by atoms with Gasteiger partial charge in [-0.3, -0.25) is 10.1 Å². The Morgan fingerprint density at radius 1 is 1.38 bits per heavy atom. The van der Waals surface area contributed by atoms with Gasteiger partial charge in [-0.15, -0.1) is 0 Å². The summed E-state index contributed by atoms with van der Waals surface area (Å²) in [4.78, 5) is 12.1. The van der Waals surface area contributed by atoms with E-state index in [-0.39, 0.29) is 11.7 Å². The summed E-state index contributed by atoms with van der Waals surface area (Å²) in [7, 11) is 3.94. The molecule has 0 fully saturated rings. The van der Waals surface area contributed by atoms with E-state index < -0.39 is 4.92 Å². The summed E-state index contributed by atoms with van der Waals surface area (Å²) in [6.45, 7) is 0.803. The number of nitro benzene ring substituents is 1. The molecule has 0 radical (unpaired) electrons. The Bertz CT molecular complexity index is 349. The van der Waals surface area contributed by atoms with Crippen molar-refractivity contribution >= 4 is 5.69 Å². The van der Waals surface area contributed by atoms with Crippen molar-refractivity contribution in [3.8, 4) is 0 Å². The molecule has 0 saturated carbocycles. The molecule has 2 N–H and O–H groups in total. The number of nitro groups is 1. The van der Waals surface area contributed by atoms with Gasteiger partial charge in [0.25, 0.3) is 5.69 Å². The molecule has 5 nitrogen and oxygen atoms in total. The van der Waals surface area contributed by atoms with Crippen LogP contribution in [0.2, 0.25) is 0 Å². The van der Waals surface area contributed by atoms with E-state index in [0.29, 0.717) is 0 Å². The molecule has 0 amide bonds. The minimum Gasteiger partial charge on any atom is -0.326 e. The lowest BCUT2D eigenvalue weighted by Crippen LogP contribution is -2.34. The molecule has 0 aliphatic carbocycles. The van der Waals surface area contributed by atoms with Gasteiger partial charge in [-0.1, -0.05) is 12.1 Å². The van der Waals surface area contributed by atoms with Gasteiger partial charge in [0.1, 0.15) is 0 Å². The molecular weight excluding hydrogens is 206 g/mol. The number of nitrogens with two attached hydrogens (primary N) is 1. The number of hydrogen-bond acceptors (Lipinski definition) is 4. The quantitative estimate of drug-likeness (QED) is 0.597. The number of nitrogens with zero attached hydrogens (tertiary/aromatic N) is 2. The largest absolute Gasteiger partial charge is 0.326 e. The summed E-state index contributed by atoms with van der Waals surface area (Å²) in [5, 5.41) is 10.5. The van der Waals surface area contributed by atoms with Crippen molar-refractivity contribution in [3.63, 3.8) is 0 Å². The summed E-state index contributed by atoms with van der Waals surface area (Å²) in [5.41, 5.74) is 7.07. The lowest BCUT2D eigenvalue weighted by Gasteiger charge is -2.16. The monoisotopic (exact) mass is 223 g/mol. The van der Waals surface area contributed by atoms with Crippen LogP contribution in [0.15, 0.2) is 24.3 Å². The fourth-order valence-corrected chi connectivity index (χ4v) is 1.59. The molecule has 0 aromatic heterocycles. The van der Waals surface area contributed by atoms with Crippen molar-refractivity contribution in [3.05, 3.63) is 39.9 Å². The van der Waals surface area contributed by atoms with Crippen molar-refractivity contribution in [1.29, 1.82) is 0 Å². The van der Waals surface area contributed by atoms with Crippen LogP contribution in [0.5, 0.6) is 0 Å². The first-order valence-corrected chi connectivity index (χ1v) is 5.12. The van der Waals surface area contributed by atoms with Gasteiger partial charge in [0.15, 0.2) is 0 Å². The summed E-state index contributed by atoms with van der Waals surface area (Å²) in [6, 6.07) is 6.59. The van der Waals surface area contributed by atoms with Gasteiger partial charge >= 0.3 is 0 Å². The Morgan fingerprint density at radius 3 is 2.38 bits per heavy atom. The number of non-ortho nitro benzene ring substituents is 1. The van der Waals surface area contributed by atoms with Gasteiger partial charge in [-0.25, -0.2) is 0 Å². The van der Waals surface area contributed by atoms with Crippen molar-refractivity contribution in [2.75, 3.05) is 20.6 Å². The summed E-state index contributed by atoms with van der Waals surface area (Å²) in [6.07, 6.45) is 0.732. The molecule has 0 aliphatic rings. The SMILES string of the molecule is CN(C)C[C@@H](N)Cc1ccc([N+](=O)[O-])cc1. The minimum absolute atomic E-state index is 0.0523. The Morgan fingerprint density at radius 2 is 1.94 bits per heavy atom. The first kappa shape index (κ1) is 12.6. The van der Waals surface area contributed by atoms with Crippen LogP contribution in [0.1, 0.15) is 5.56 Å². The molecule has 0 spiro atoms. The molecule has 0 aliphatic heterocycles. The third kappa shape index (κ3) is 3.96. The van der Waals surface area contributed by atoms with Gasteiger partial charge < -0.3 is 10.6 Å². The number of hydrogen-bond donors (Lipinski definition) is 1. The fraction of sp³-hybridized carbons (Fsp3) is 0.455. The predicted octanol–water partition coefficient (Wildman–Crippen LogP) is 1.03. The van der Waals surface area contributed by atoms with Crippen LogP contribution in [0.3, 0.4) is 0 Å². The lowest BCUT2D eigenvalue weighted by atomic mass is 10.1. The zero-order valence-electron chi connectivity index (χ0n) is 9.59. The molecule has 5 heteroatoms. The van der Waals surface area contributed by atoms with Gasteiger partial charge in [0, 0.05) is 24.7 Å². The van der Waals surface area contributed by atoms with E-state index >= 15 is 0 Å². The third-order valence-electron chi connectivity index (χ3n) is 2.24. The standard InChI is InChI=1S/C11H17N3O2/c1-13(2)8-10(12)7-9-3-5-11(6-4-9)14(15)16/h3-6,10H,7-8,12H2,1-2H3/t10-/m0/s1. The molecule has 88 valence electrons. The minimum atomic E-state index is -0.399. The Kier molecular flexibility index (Phi) is 4.39. The number of rotatable bonds is 5. The zero-order valence-corrected chi connectivity index (χ0v) is 9.59. The van der Waals surface area contributed by atoms with Gasteiger partial charge in [-0.2, -0.15) is 0 Å². The Labute approximate surface area is 95.0 Å². The summed E-state index contributed by atoms with van der Waals surface area (Å²) in [5.74, 6) is 0. The molecular formula is C11H17N3O2. The van der Waals surface area contributed by atoms with Crippen LogP contribution in [0.25, 0.3) is 0 Å². The molecule has 1 atom stereocenters. The van der Waals surface area contributed by atoms with Crippen LogP contribution < -0.4 is 5.73 Å². The highest BCUT2D eigenvalue weighted by atomic mass is 16.6. The van der Waals surface area contributed by atoms with E-state index in [1.165, 1.54) is 12.1 Å². The van der Waals surface area contributed by atoms with Crippen LogP contribution in [-0.2, 0) is 6.42 Å². The highest BCUT2D eigenvalue weighted by molar-refractivity contribution is 5.33. The maximum atomic E-state index is 10.5. The second kappa shape index (κ2) is 5.58. The molecule has 16 heavy (non-hydrogen) atoms. The molecule has 1 rings (SSSR count). The van der Waals surface area contributed by atoms with Crippen molar-refractivity contribution < 1.29 is 4.92 Å². The number of benzene rings is 1. The maximum Gasteiger partial charge on any atom is 0.269 e. The van der Waals surface area contributed by atoms with Gasteiger partial charge in [0.05, 0.1) is 4.92 Å². The lowest BCUT2D eigenvalue weighted by molar-refractivity contribution is -0.384. The third-order valence-corrected chi connectivity index (χ3v) is 2.24. The normalized spacial score (nSPS) is 12.8. The Balaban J connectivity index is 2.58. The molecule has 0 bridgehead atoms. The summed E-state index contributed by atoms with van der Waals surface area (Å²) < 4.78 is 0. The molecule has 1 aromatic carbocycles. The Hall–Kier alpha value is -1.46. The van der Waals surface area contributed by atoms with Crippen molar-refractivity contribution in [1.82, 2.24) is 4.90 Å². The second-order valence-corrected chi connectivity index (χ2v) is 4.15. The highest BCUT2D eigenvalue weighted by Crippen LogP contribution is 2.12. The zero-order chi connectivity index (χ0) is 12.1. The summed E-state index contributed by atoms with van der Waals surface area (Å²) >= 11 is 0. The van der Waals surface area contributed by atoms with Crippen molar-refractivity contribution in [2.24, 2.45) is 5.73 Å². The van der Waals surface area contributed by atoms with Crippen molar-refractivity contribution in [2.45, 2.75) is 12.5 Å². The number of likely N-dealkylation sites (N-methyl/N-ethyl adjacent to an activating group) is 1. The molecule has 1 aromatic rings. The van der Waals surface area contributed by atoms with Gasteiger partial charge in [0.2, 0.25) is 0 Å². The van der Waals surface area contributed by atoms with E-state index in [0.717, 1.165) is 18.5 Å². The average molecular weight is 223 g/mol. The smallest absolute Gasteiger partial charge is 0.269 e. The fourth-order valence-electron chi connectivity index (χ4n) is 1.59. The first-order chi connectivity index (χ1) is 7.49. The van der Waals surface area contributed by atoms with Crippen LogP contribution in [-0.4, -0.2) is 36.5 Å². The van der Waals surface area contributed by atoms with E-state index in [4.69, 9.17) is 5.73 Å². The second-order valence-electron chi connectivity index (χ2n) is 4.15. The predicted molar refractivity (Wildman–Crippen MR) is 63.3 cm³/mol.